The van der Waals surface area contributed by atoms with Crippen molar-refractivity contribution < 1.29 is 13.2 Å². The zero-order valence-corrected chi connectivity index (χ0v) is 13.1. The summed E-state index contributed by atoms with van der Waals surface area (Å²) in [5.41, 5.74) is 6.03. The SMILES string of the molecule is CCCCN(C(=O)CC(N)C1CC1)C1CCS(=O)(=O)C1. The van der Waals surface area contributed by atoms with E-state index < -0.39 is 9.84 Å². The standard InChI is InChI=1S/C14H26N2O3S/c1-2-3-7-16(12-6-8-20(18,19)10-12)14(17)9-13(15)11-4-5-11/h11-13H,2-10,15H2,1H3. The molecule has 0 aromatic heterocycles. The van der Waals surface area contributed by atoms with Crippen LogP contribution in [0.4, 0.5) is 0 Å². The van der Waals surface area contributed by atoms with Gasteiger partial charge in [0.2, 0.25) is 5.91 Å². The Bertz CT molecular complexity index is 445. The number of carbonyl (C=O) groups excluding carboxylic acids is 1. The maximum atomic E-state index is 12.4. The first-order chi connectivity index (χ1) is 9.43. The van der Waals surface area contributed by atoms with Gasteiger partial charge in [0.05, 0.1) is 11.5 Å². The van der Waals surface area contributed by atoms with Gasteiger partial charge >= 0.3 is 0 Å². The van der Waals surface area contributed by atoms with Gasteiger partial charge in [-0.15, -0.1) is 0 Å². The van der Waals surface area contributed by atoms with Crippen LogP contribution in [0.25, 0.3) is 0 Å². The first-order valence-electron chi connectivity index (χ1n) is 7.68. The molecule has 1 aliphatic heterocycles. The molecule has 2 rings (SSSR count). The van der Waals surface area contributed by atoms with Crippen LogP contribution >= 0.6 is 0 Å². The number of rotatable bonds is 7. The van der Waals surface area contributed by atoms with E-state index in [1.165, 1.54) is 0 Å². The molecule has 1 saturated carbocycles. The smallest absolute Gasteiger partial charge is 0.224 e. The Kier molecular flexibility index (Phi) is 5.07. The highest BCUT2D eigenvalue weighted by atomic mass is 32.2. The molecular weight excluding hydrogens is 276 g/mol. The molecule has 2 aliphatic rings. The van der Waals surface area contributed by atoms with Gasteiger partial charge in [-0.25, -0.2) is 8.42 Å². The topological polar surface area (TPSA) is 80.5 Å². The molecule has 0 spiro atoms. The van der Waals surface area contributed by atoms with Crippen molar-refractivity contribution in [2.75, 3.05) is 18.1 Å². The Morgan fingerprint density at radius 3 is 2.55 bits per heavy atom. The van der Waals surface area contributed by atoms with Crippen molar-refractivity contribution >= 4 is 15.7 Å². The Hall–Kier alpha value is -0.620. The largest absolute Gasteiger partial charge is 0.339 e. The zero-order chi connectivity index (χ0) is 14.8. The molecule has 2 N–H and O–H groups in total. The predicted molar refractivity (Wildman–Crippen MR) is 79.0 cm³/mol. The van der Waals surface area contributed by atoms with Crippen LogP contribution < -0.4 is 5.73 Å². The molecule has 2 atom stereocenters. The molecule has 1 saturated heterocycles. The fourth-order valence-corrected chi connectivity index (χ4v) is 4.60. The third kappa shape index (κ3) is 4.19. The number of nitrogens with two attached hydrogens (primary N) is 1. The Labute approximate surface area is 121 Å². The number of hydrogen-bond acceptors (Lipinski definition) is 4. The summed E-state index contributed by atoms with van der Waals surface area (Å²) in [6, 6.07) is -0.185. The van der Waals surface area contributed by atoms with Crippen LogP contribution in [0.1, 0.15) is 45.4 Å². The molecule has 6 heteroatoms. The van der Waals surface area contributed by atoms with E-state index in [4.69, 9.17) is 5.73 Å². The van der Waals surface area contributed by atoms with Crippen LogP contribution in [0, 0.1) is 5.92 Å². The maximum absolute atomic E-state index is 12.4. The normalized spacial score (nSPS) is 26.4. The summed E-state index contributed by atoms with van der Waals surface area (Å²) < 4.78 is 23.2. The highest BCUT2D eigenvalue weighted by molar-refractivity contribution is 7.91. The van der Waals surface area contributed by atoms with Crippen molar-refractivity contribution in [2.45, 2.75) is 57.5 Å². The number of carbonyl (C=O) groups is 1. The molecular formula is C14H26N2O3S. The molecule has 1 heterocycles. The van der Waals surface area contributed by atoms with Gasteiger partial charge in [-0.2, -0.15) is 0 Å². The van der Waals surface area contributed by atoms with Crippen LogP contribution in [0.15, 0.2) is 0 Å². The second-order valence-electron chi connectivity index (χ2n) is 6.20. The lowest BCUT2D eigenvalue weighted by Gasteiger charge is -2.29. The van der Waals surface area contributed by atoms with Gasteiger partial charge in [0.15, 0.2) is 9.84 Å². The number of unbranched alkanes of at least 4 members (excludes halogenated alkanes) is 1. The first-order valence-corrected chi connectivity index (χ1v) is 9.50. The molecule has 0 aromatic carbocycles. The lowest BCUT2D eigenvalue weighted by Crippen LogP contribution is -2.44. The van der Waals surface area contributed by atoms with E-state index in [1.54, 1.807) is 4.90 Å². The van der Waals surface area contributed by atoms with Gasteiger partial charge in [0.25, 0.3) is 0 Å². The molecule has 116 valence electrons. The highest BCUT2D eigenvalue weighted by Gasteiger charge is 2.36. The van der Waals surface area contributed by atoms with E-state index in [-0.39, 0.29) is 29.5 Å². The lowest BCUT2D eigenvalue weighted by atomic mass is 10.1. The summed E-state index contributed by atoms with van der Waals surface area (Å²) in [7, 11) is -2.96. The van der Waals surface area contributed by atoms with Gasteiger partial charge in [-0.05, 0) is 31.6 Å². The zero-order valence-electron chi connectivity index (χ0n) is 12.3. The second kappa shape index (κ2) is 6.43. The molecule has 1 aliphatic carbocycles. The summed E-state index contributed by atoms with van der Waals surface area (Å²) >= 11 is 0. The molecule has 20 heavy (non-hydrogen) atoms. The van der Waals surface area contributed by atoms with Crippen LogP contribution in [0.3, 0.4) is 0 Å². The Morgan fingerprint density at radius 2 is 2.05 bits per heavy atom. The quantitative estimate of drug-likeness (QED) is 0.758. The van der Waals surface area contributed by atoms with E-state index in [2.05, 4.69) is 6.92 Å². The van der Waals surface area contributed by atoms with Gasteiger partial charge in [-0.1, -0.05) is 13.3 Å². The summed E-state index contributed by atoms with van der Waals surface area (Å²) in [6.07, 6.45) is 5.11. The van der Waals surface area contributed by atoms with Crippen LogP contribution in [0.5, 0.6) is 0 Å². The fourth-order valence-electron chi connectivity index (χ4n) is 2.87. The minimum Gasteiger partial charge on any atom is -0.339 e. The fraction of sp³-hybridized carbons (Fsp3) is 0.929. The van der Waals surface area contributed by atoms with E-state index in [9.17, 15) is 13.2 Å². The highest BCUT2D eigenvalue weighted by Crippen LogP contribution is 2.33. The van der Waals surface area contributed by atoms with Crippen molar-refractivity contribution in [3.63, 3.8) is 0 Å². The number of nitrogens with zero attached hydrogens (tertiary/aromatic N) is 1. The third-order valence-corrected chi connectivity index (χ3v) is 6.11. The lowest BCUT2D eigenvalue weighted by molar-refractivity contribution is -0.133. The third-order valence-electron chi connectivity index (χ3n) is 4.36. The molecule has 0 bridgehead atoms. The summed E-state index contributed by atoms with van der Waals surface area (Å²) in [5, 5.41) is 0. The summed E-state index contributed by atoms with van der Waals surface area (Å²) in [6.45, 7) is 2.73. The van der Waals surface area contributed by atoms with E-state index in [1.807, 2.05) is 0 Å². The van der Waals surface area contributed by atoms with Crippen molar-refractivity contribution in [1.29, 1.82) is 0 Å². The Morgan fingerprint density at radius 1 is 1.35 bits per heavy atom. The molecule has 0 radical (unpaired) electrons. The van der Waals surface area contributed by atoms with Crippen molar-refractivity contribution in [3.8, 4) is 0 Å². The molecule has 1 amide bonds. The minimum atomic E-state index is -2.96. The van der Waals surface area contributed by atoms with Crippen LogP contribution in [-0.2, 0) is 14.6 Å². The average molecular weight is 302 g/mol. The molecule has 2 fully saturated rings. The summed E-state index contributed by atoms with van der Waals surface area (Å²) in [4.78, 5) is 14.2. The molecule has 5 nitrogen and oxygen atoms in total. The monoisotopic (exact) mass is 302 g/mol. The van der Waals surface area contributed by atoms with E-state index >= 15 is 0 Å². The average Bonchev–Trinajstić information content (AvgIpc) is 3.15. The molecule has 0 aromatic rings. The van der Waals surface area contributed by atoms with Crippen molar-refractivity contribution in [3.05, 3.63) is 0 Å². The first kappa shape index (κ1) is 15.8. The van der Waals surface area contributed by atoms with Crippen LogP contribution in [-0.4, -0.2) is 49.4 Å². The number of amides is 1. The van der Waals surface area contributed by atoms with Gasteiger partial charge in [0, 0.05) is 25.0 Å². The van der Waals surface area contributed by atoms with Gasteiger partial charge in [0.1, 0.15) is 0 Å². The maximum Gasteiger partial charge on any atom is 0.224 e. The van der Waals surface area contributed by atoms with Crippen molar-refractivity contribution in [1.82, 2.24) is 4.90 Å². The summed E-state index contributed by atoms with van der Waals surface area (Å²) in [5.74, 6) is 0.878. The van der Waals surface area contributed by atoms with Gasteiger partial charge in [-0.3, -0.25) is 4.79 Å². The van der Waals surface area contributed by atoms with E-state index in [0.717, 1.165) is 25.7 Å². The van der Waals surface area contributed by atoms with Gasteiger partial charge < -0.3 is 10.6 Å². The predicted octanol–water partition coefficient (Wildman–Crippen LogP) is 0.930. The van der Waals surface area contributed by atoms with Crippen molar-refractivity contribution in [2.24, 2.45) is 11.7 Å². The van der Waals surface area contributed by atoms with Crippen LogP contribution in [0.2, 0.25) is 0 Å². The minimum absolute atomic E-state index is 0.0416. The number of hydrogen-bond donors (Lipinski definition) is 1. The number of sulfone groups is 1. The molecule has 2 unspecified atom stereocenters. The Balaban J connectivity index is 1.96. The van der Waals surface area contributed by atoms with E-state index in [0.29, 0.717) is 25.3 Å². The second-order valence-corrected chi connectivity index (χ2v) is 8.43.